The number of aromatic nitrogens is 1. The first-order chi connectivity index (χ1) is 11.2. The molecule has 0 unspecified atom stereocenters. The van der Waals surface area contributed by atoms with E-state index in [0.29, 0.717) is 19.0 Å². The van der Waals surface area contributed by atoms with E-state index >= 15 is 0 Å². The summed E-state index contributed by atoms with van der Waals surface area (Å²) in [6.07, 6.45) is 0. The van der Waals surface area contributed by atoms with Gasteiger partial charge >= 0.3 is 0 Å². The van der Waals surface area contributed by atoms with Crippen LogP contribution in [-0.2, 0) is 13.1 Å². The summed E-state index contributed by atoms with van der Waals surface area (Å²) in [7, 11) is 1.73. The maximum Gasteiger partial charge on any atom is 0.191 e. The van der Waals surface area contributed by atoms with Crippen LogP contribution in [0, 0.1) is 13.8 Å². The molecule has 6 heteroatoms. The minimum atomic E-state index is 0.527. The first-order valence-corrected chi connectivity index (χ1v) is 7.51. The molecule has 0 aliphatic carbocycles. The van der Waals surface area contributed by atoms with E-state index in [1.807, 2.05) is 31.2 Å². The van der Waals surface area contributed by atoms with Gasteiger partial charge in [0.25, 0.3) is 0 Å². The van der Waals surface area contributed by atoms with Gasteiger partial charge in [-0.2, -0.15) is 0 Å². The fraction of sp³-hybridized carbons (Fsp3) is 0.294. The Morgan fingerprint density at radius 2 is 1.96 bits per heavy atom. The van der Waals surface area contributed by atoms with Crippen molar-refractivity contribution < 1.29 is 8.94 Å². The Morgan fingerprint density at radius 1 is 1.17 bits per heavy atom. The van der Waals surface area contributed by atoms with Crippen molar-refractivity contribution in [2.24, 2.45) is 4.99 Å². The highest BCUT2D eigenvalue weighted by atomic mass is 16.5. The lowest BCUT2D eigenvalue weighted by atomic mass is 10.1. The number of furan rings is 1. The van der Waals surface area contributed by atoms with Crippen molar-refractivity contribution in [1.82, 2.24) is 15.8 Å². The Morgan fingerprint density at radius 3 is 2.65 bits per heavy atom. The van der Waals surface area contributed by atoms with Crippen LogP contribution < -0.4 is 10.6 Å². The third-order valence-electron chi connectivity index (χ3n) is 3.69. The summed E-state index contributed by atoms with van der Waals surface area (Å²) in [4.78, 5) is 4.20. The van der Waals surface area contributed by atoms with Crippen molar-refractivity contribution >= 4 is 16.9 Å². The summed E-state index contributed by atoms with van der Waals surface area (Å²) < 4.78 is 11.1. The van der Waals surface area contributed by atoms with Gasteiger partial charge in [0.1, 0.15) is 11.3 Å². The van der Waals surface area contributed by atoms with Crippen molar-refractivity contribution in [3.63, 3.8) is 0 Å². The smallest absolute Gasteiger partial charge is 0.191 e. The molecule has 0 amide bonds. The van der Waals surface area contributed by atoms with Crippen molar-refractivity contribution in [2.75, 3.05) is 7.05 Å². The van der Waals surface area contributed by atoms with Crippen LogP contribution >= 0.6 is 0 Å². The molecule has 2 N–H and O–H groups in total. The van der Waals surface area contributed by atoms with Crippen LogP contribution in [0.15, 0.2) is 44.3 Å². The van der Waals surface area contributed by atoms with Gasteiger partial charge in [-0.05, 0) is 19.9 Å². The molecule has 23 heavy (non-hydrogen) atoms. The Labute approximate surface area is 134 Å². The fourth-order valence-corrected chi connectivity index (χ4v) is 2.45. The molecule has 2 heterocycles. The van der Waals surface area contributed by atoms with E-state index in [1.54, 1.807) is 7.05 Å². The van der Waals surface area contributed by atoms with Crippen LogP contribution in [0.4, 0.5) is 0 Å². The Balaban J connectivity index is 1.62. The number of rotatable bonds is 4. The number of hydrogen-bond acceptors (Lipinski definition) is 4. The van der Waals surface area contributed by atoms with E-state index in [0.717, 1.165) is 33.7 Å². The molecular weight excluding hydrogens is 292 g/mol. The molecule has 0 saturated carbocycles. The van der Waals surface area contributed by atoms with E-state index in [-0.39, 0.29) is 0 Å². The van der Waals surface area contributed by atoms with Crippen molar-refractivity contribution in [1.29, 1.82) is 0 Å². The summed E-state index contributed by atoms with van der Waals surface area (Å²) >= 11 is 0. The van der Waals surface area contributed by atoms with Gasteiger partial charge in [-0.3, -0.25) is 4.99 Å². The summed E-state index contributed by atoms with van der Waals surface area (Å²) in [5.41, 5.74) is 2.92. The zero-order valence-corrected chi connectivity index (χ0v) is 13.5. The number of aryl methyl sites for hydroxylation is 2. The van der Waals surface area contributed by atoms with Gasteiger partial charge < -0.3 is 19.6 Å². The molecule has 1 aromatic carbocycles. The number of nitrogens with one attached hydrogen (secondary N) is 2. The number of aliphatic imine (C=N–C) groups is 1. The van der Waals surface area contributed by atoms with Crippen LogP contribution in [0.2, 0.25) is 0 Å². The second-order valence-electron chi connectivity index (χ2n) is 5.36. The molecule has 0 fully saturated rings. The van der Waals surface area contributed by atoms with Gasteiger partial charge in [0.2, 0.25) is 0 Å². The van der Waals surface area contributed by atoms with Crippen LogP contribution in [0.1, 0.15) is 22.8 Å². The van der Waals surface area contributed by atoms with Crippen LogP contribution in [0.5, 0.6) is 0 Å². The van der Waals surface area contributed by atoms with E-state index < -0.39 is 0 Å². The summed E-state index contributed by atoms with van der Waals surface area (Å²) in [6.45, 7) is 5.05. The molecule has 0 bridgehead atoms. The fourth-order valence-electron chi connectivity index (χ4n) is 2.45. The first kappa shape index (κ1) is 15.1. The van der Waals surface area contributed by atoms with Gasteiger partial charge in [-0.25, -0.2) is 0 Å². The third kappa shape index (κ3) is 3.36. The van der Waals surface area contributed by atoms with Gasteiger partial charge in [-0.15, -0.1) is 0 Å². The second kappa shape index (κ2) is 6.56. The summed E-state index contributed by atoms with van der Waals surface area (Å²) in [5.74, 6) is 2.36. The molecule has 0 atom stereocenters. The maximum absolute atomic E-state index is 5.89. The predicted molar refractivity (Wildman–Crippen MR) is 89.2 cm³/mol. The van der Waals surface area contributed by atoms with Gasteiger partial charge in [0, 0.05) is 24.1 Å². The number of nitrogens with zero attached hydrogens (tertiary/aromatic N) is 2. The van der Waals surface area contributed by atoms with Crippen LogP contribution in [-0.4, -0.2) is 18.2 Å². The van der Waals surface area contributed by atoms with Crippen molar-refractivity contribution in [2.45, 2.75) is 26.9 Å². The lowest BCUT2D eigenvalue weighted by Gasteiger charge is -2.09. The quantitative estimate of drug-likeness (QED) is 0.572. The zero-order valence-electron chi connectivity index (χ0n) is 13.5. The first-order valence-electron chi connectivity index (χ1n) is 7.51. The number of para-hydroxylation sites is 1. The Kier molecular flexibility index (Phi) is 4.32. The molecular formula is C17H20N4O2. The molecule has 0 radical (unpaired) electrons. The van der Waals surface area contributed by atoms with Gasteiger partial charge in [0.05, 0.1) is 18.8 Å². The number of guanidine groups is 1. The standard InChI is InChI=1S/C17H20N4O2/c1-11-8-13(23-21-11)9-19-17(18-3)20-10-16-12(2)14-6-4-5-7-15(14)22-16/h4-8H,9-10H2,1-3H3,(H2,18,19,20). The summed E-state index contributed by atoms with van der Waals surface area (Å²) in [6, 6.07) is 9.93. The van der Waals surface area contributed by atoms with Crippen LogP contribution in [0.3, 0.4) is 0 Å². The molecule has 0 spiro atoms. The predicted octanol–water partition coefficient (Wildman–Crippen LogP) is 2.90. The Hall–Kier alpha value is -2.76. The summed E-state index contributed by atoms with van der Waals surface area (Å²) in [5, 5.41) is 11.4. The average molecular weight is 312 g/mol. The van der Waals surface area contributed by atoms with Gasteiger partial charge in [-0.1, -0.05) is 23.4 Å². The highest BCUT2D eigenvalue weighted by molar-refractivity contribution is 5.82. The third-order valence-corrected chi connectivity index (χ3v) is 3.69. The topological polar surface area (TPSA) is 75.6 Å². The number of benzene rings is 1. The SMILES string of the molecule is CN=C(NCc1cc(C)no1)NCc1oc2ccccc2c1C. The lowest BCUT2D eigenvalue weighted by molar-refractivity contribution is 0.376. The molecule has 0 saturated heterocycles. The second-order valence-corrected chi connectivity index (χ2v) is 5.36. The molecule has 0 aliphatic rings. The molecule has 3 aromatic rings. The van der Waals surface area contributed by atoms with E-state index in [1.165, 1.54) is 0 Å². The maximum atomic E-state index is 5.89. The average Bonchev–Trinajstić information content (AvgIpc) is 3.12. The van der Waals surface area contributed by atoms with Crippen LogP contribution in [0.25, 0.3) is 11.0 Å². The monoisotopic (exact) mass is 312 g/mol. The van der Waals surface area contributed by atoms with Crippen molar-refractivity contribution in [3.8, 4) is 0 Å². The van der Waals surface area contributed by atoms with Gasteiger partial charge in [0.15, 0.2) is 11.7 Å². The van der Waals surface area contributed by atoms with E-state index in [9.17, 15) is 0 Å². The highest BCUT2D eigenvalue weighted by Crippen LogP contribution is 2.24. The number of hydrogen-bond donors (Lipinski definition) is 2. The lowest BCUT2D eigenvalue weighted by Crippen LogP contribution is -2.36. The normalized spacial score (nSPS) is 11.9. The van der Waals surface area contributed by atoms with E-state index in [2.05, 4.69) is 33.8 Å². The minimum absolute atomic E-state index is 0.527. The molecule has 0 aliphatic heterocycles. The highest BCUT2D eigenvalue weighted by Gasteiger charge is 2.10. The number of fused-ring (bicyclic) bond motifs is 1. The van der Waals surface area contributed by atoms with Crippen molar-refractivity contribution in [3.05, 3.63) is 53.1 Å². The molecule has 120 valence electrons. The minimum Gasteiger partial charge on any atom is -0.459 e. The zero-order chi connectivity index (χ0) is 16.2. The Bertz CT molecular complexity index is 832. The molecule has 3 rings (SSSR count). The molecule has 2 aromatic heterocycles. The molecule has 6 nitrogen and oxygen atoms in total. The van der Waals surface area contributed by atoms with E-state index in [4.69, 9.17) is 8.94 Å². The largest absolute Gasteiger partial charge is 0.459 e.